The third-order valence-electron chi connectivity index (χ3n) is 5.69. The lowest BCUT2D eigenvalue weighted by atomic mass is 9.89. The molecule has 1 fully saturated rings. The van der Waals surface area contributed by atoms with Gasteiger partial charge < -0.3 is 0 Å². The Labute approximate surface area is 161 Å². The first-order chi connectivity index (χ1) is 12.1. The van der Waals surface area contributed by atoms with Gasteiger partial charge in [0.2, 0.25) is 10.0 Å². The first-order valence-corrected chi connectivity index (χ1v) is 11.7. The monoisotopic (exact) mass is 379 g/mol. The van der Waals surface area contributed by atoms with Crippen LogP contribution in [-0.2, 0) is 10.0 Å². The Balaban J connectivity index is 2.73. The number of benzene rings is 1. The highest BCUT2D eigenvalue weighted by Crippen LogP contribution is 2.38. The van der Waals surface area contributed by atoms with E-state index in [1.54, 1.807) is 4.31 Å². The summed E-state index contributed by atoms with van der Waals surface area (Å²) in [5, 5.41) is 0. The van der Waals surface area contributed by atoms with E-state index in [2.05, 4.69) is 60.6 Å². The van der Waals surface area contributed by atoms with Crippen molar-refractivity contribution in [1.82, 2.24) is 4.31 Å². The molecule has 0 bridgehead atoms. The second-order valence-corrected chi connectivity index (χ2v) is 10.5. The molecule has 1 aliphatic heterocycles. The Kier molecular flexibility index (Phi) is 6.95. The van der Waals surface area contributed by atoms with Crippen LogP contribution in [0.2, 0.25) is 0 Å². The van der Waals surface area contributed by atoms with Crippen molar-refractivity contribution in [2.45, 2.75) is 103 Å². The van der Waals surface area contributed by atoms with Crippen molar-refractivity contribution in [2.75, 3.05) is 6.54 Å². The van der Waals surface area contributed by atoms with Crippen molar-refractivity contribution < 1.29 is 8.42 Å². The second-order valence-electron chi connectivity index (χ2n) is 8.67. The van der Waals surface area contributed by atoms with Crippen LogP contribution in [0.5, 0.6) is 0 Å². The standard InChI is InChI=1S/C22H37NO2S/c1-8-19-11-9-10-12-23(19)26(24,25)22-20(16(4)5)13-18(15(2)3)14-21(22)17(6)7/h13-17,19H,8-12H2,1-7H3. The Hall–Kier alpha value is -0.870. The zero-order chi connectivity index (χ0) is 19.6. The van der Waals surface area contributed by atoms with Gasteiger partial charge in [-0.15, -0.1) is 0 Å². The van der Waals surface area contributed by atoms with Crippen molar-refractivity contribution in [3.8, 4) is 0 Å². The number of hydrogen-bond acceptors (Lipinski definition) is 2. The molecule has 148 valence electrons. The van der Waals surface area contributed by atoms with Crippen LogP contribution < -0.4 is 0 Å². The Morgan fingerprint density at radius 1 is 0.962 bits per heavy atom. The van der Waals surface area contributed by atoms with E-state index < -0.39 is 10.0 Å². The highest BCUT2D eigenvalue weighted by molar-refractivity contribution is 7.89. The molecule has 26 heavy (non-hydrogen) atoms. The van der Waals surface area contributed by atoms with Gasteiger partial charge in [-0.25, -0.2) is 8.42 Å². The summed E-state index contributed by atoms with van der Waals surface area (Å²) in [5.74, 6) is 0.752. The first kappa shape index (κ1) is 21.4. The van der Waals surface area contributed by atoms with Gasteiger partial charge in [-0.05, 0) is 53.7 Å². The minimum absolute atomic E-state index is 0.138. The summed E-state index contributed by atoms with van der Waals surface area (Å²) in [7, 11) is -3.48. The SMILES string of the molecule is CCC1CCCCN1S(=O)(=O)c1c(C(C)C)cc(C(C)C)cc1C(C)C. The van der Waals surface area contributed by atoms with Crippen molar-refractivity contribution in [3.05, 3.63) is 28.8 Å². The average molecular weight is 380 g/mol. The maximum atomic E-state index is 13.8. The van der Waals surface area contributed by atoms with E-state index in [0.717, 1.165) is 36.8 Å². The van der Waals surface area contributed by atoms with Gasteiger partial charge in [-0.3, -0.25) is 0 Å². The van der Waals surface area contributed by atoms with Gasteiger partial charge in [-0.2, -0.15) is 4.31 Å². The van der Waals surface area contributed by atoms with Crippen LogP contribution in [0.25, 0.3) is 0 Å². The third kappa shape index (κ3) is 4.17. The number of nitrogens with zero attached hydrogens (tertiary/aromatic N) is 1. The van der Waals surface area contributed by atoms with Crippen molar-refractivity contribution in [1.29, 1.82) is 0 Å². The molecule has 0 N–H and O–H groups in total. The molecule has 0 aromatic heterocycles. The van der Waals surface area contributed by atoms with Crippen LogP contribution in [0.15, 0.2) is 17.0 Å². The molecule has 1 aliphatic rings. The summed E-state index contributed by atoms with van der Waals surface area (Å²) in [6, 6.07) is 4.41. The summed E-state index contributed by atoms with van der Waals surface area (Å²) in [5.41, 5.74) is 3.21. The zero-order valence-electron chi connectivity index (χ0n) is 17.7. The van der Waals surface area contributed by atoms with E-state index >= 15 is 0 Å². The van der Waals surface area contributed by atoms with E-state index in [1.165, 1.54) is 5.56 Å². The van der Waals surface area contributed by atoms with Gasteiger partial charge in [0.05, 0.1) is 4.90 Å². The second kappa shape index (κ2) is 8.43. The predicted octanol–water partition coefficient (Wildman–Crippen LogP) is 6.01. The lowest BCUT2D eigenvalue weighted by molar-refractivity contribution is 0.246. The summed E-state index contributed by atoms with van der Waals surface area (Å²) < 4.78 is 29.4. The molecule has 0 saturated carbocycles. The van der Waals surface area contributed by atoms with Crippen LogP contribution in [0.4, 0.5) is 0 Å². The molecule has 0 aliphatic carbocycles. The third-order valence-corrected chi connectivity index (χ3v) is 7.78. The Bertz CT molecular complexity index is 691. The number of piperidine rings is 1. The van der Waals surface area contributed by atoms with Crippen LogP contribution in [0.1, 0.15) is 109 Å². The lowest BCUT2D eigenvalue weighted by Crippen LogP contribution is -2.44. The molecular weight excluding hydrogens is 342 g/mol. The van der Waals surface area contributed by atoms with E-state index in [0.29, 0.717) is 17.4 Å². The number of sulfonamides is 1. The fourth-order valence-electron chi connectivity index (χ4n) is 4.00. The maximum Gasteiger partial charge on any atom is 0.243 e. The molecule has 1 saturated heterocycles. The lowest BCUT2D eigenvalue weighted by Gasteiger charge is -2.36. The van der Waals surface area contributed by atoms with Crippen LogP contribution in [-0.4, -0.2) is 25.3 Å². The molecule has 1 aromatic carbocycles. The molecule has 1 heterocycles. The van der Waals surface area contributed by atoms with Crippen LogP contribution in [0.3, 0.4) is 0 Å². The van der Waals surface area contributed by atoms with Crippen molar-refractivity contribution in [3.63, 3.8) is 0 Å². The molecule has 3 nitrogen and oxygen atoms in total. The summed E-state index contributed by atoms with van der Waals surface area (Å²) in [4.78, 5) is 0.590. The average Bonchev–Trinajstić information content (AvgIpc) is 2.60. The molecule has 2 rings (SSSR count). The van der Waals surface area contributed by atoms with Crippen molar-refractivity contribution >= 4 is 10.0 Å². The van der Waals surface area contributed by atoms with Gasteiger partial charge in [0.25, 0.3) is 0 Å². The predicted molar refractivity (Wildman–Crippen MR) is 111 cm³/mol. The van der Waals surface area contributed by atoms with Gasteiger partial charge in [0.1, 0.15) is 0 Å². The van der Waals surface area contributed by atoms with Crippen LogP contribution in [0, 0.1) is 0 Å². The van der Waals surface area contributed by atoms with E-state index in [-0.39, 0.29) is 17.9 Å². The highest BCUT2D eigenvalue weighted by Gasteiger charge is 2.36. The smallest absolute Gasteiger partial charge is 0.207 e. The topological polar surface area (TPSA) is 37.4 Å². The van der Waals surface area contributed by atoms with Crippen LogP contribution >= 0.6 is 0 Å². The Morgan fingerprint density at radius 3 is 1.92 bits per heavy atom. The maximum absolute atomic E-state index is 13.8. The quantitative estimate of drug-likeness (QED) is 0.607. The zero-order valence-corrected chi connectivity index (χ0v) is 18.5. The van der Waals surface area contributed by atoms with Gasteiger partial charge in [-0.1, -0.05) is 67.0 Å². The normalized spacial score (nSPS) is 19.7. The molecule has 1 aromatic rings. The summed E-state index contributed by atoms with van der Waals surface area (Å²) in [6.07, 6.45) is 3.96. The minimum Gasteiger partial charge on any atom is -0.207 e. The van der Waals surface area contributed by atoms with Crippen molar-refractivity contribution in [2.24, 2.45) is 0 Å². The summed E-state index contributed by atoms with van der Waals surface area (Å²) in [6.45, 7) is 15.5. The van der Waals surface area contributed by atoms with E-state index in [4.69, 9.17) is 0 Å². The number of hydrogen-bond donors (Lipinski definition) is 0. The van der Waals surface area contributed by atoms with Gasteiger partial charge in [0, 0.05) is 12.6 Å². The van der Waals surface area contributed by atoms with Gasteiger partial charge in [0.15, 0.2) is 0 Å². The fourth-order valence-corrected chi connectivity index (χ4v) is 6.44. The largest absolute Gasteiger partial charge is 0.243 e. The molecule has 0 amide bonds. The molecule has 4 heteroatoms. The van der Waals surface area contributed by atoms with E-state index in [1.807, 2.05) is 0 Å². The van der Waals surface area contributed by atoms with Gasteiger partial charge >= 0.3 is 0 Å². The molecule has 1 unspecified atom stereocenters. The molecular formula is C22H37NO2S. The number of rotatable bonds is 6. The fraction of sp³-hybridized carbons (Fsp3) is 0.727. The Morgan fingerprint density at radius 2 is 1.50 bits per heavy atom. The van der Waals surface area contributed by atoms with E-state index in [9.17, 15) is 8.42 Å². The molecule has 0 spiro atoms. The molecule has 0 radical (unpaired) electrons. The first-order valence-electron chi connectivity index (χ1n) is 10.3. The highest BCUT2D eigenvalue weighted by atomic mass is 32.2. The molecule has 1 atom stereocenters. The summed E-state index contributed by atoms with van der Waals surface area (Å²) >= 11 is 0. The minimum atomic E-state index is -3.48.